The SMILES string of the molecule is C[C@H](NC(CCc1ccccc1)C(=O)[O-])C(=O)N1[C@H](C(=O)O)C[C@H]2CCCC[C@@H]21.[Na+]. The van der Waals surface area contributed by atoms with Gasteiger partial charge in [-0.3, -0.25) is 10.1 Å². The molecule has 30 heavy (non-hydrogen) atoms. The van der Waals surface area contributed by atoms with E-state index in [0.717, 1.165) is 31.2 Å². The van der Waals surface area contributed by atoms with Gasteiger partial charge in [-0.05, 0) is 50.5 Å². The Kier molecular flexibility index (Phi) is 9.34. The third-order valence-corrected chi connectivity index (χ3v) is 6.30. The molecule has 1 aliphatic carbocycles. The molecule has 1 aromatic rings. The summed E-state index contributed by atoms with van der Waals surface area (Å²) in [7, 11) is 0. The number of rotatable bonds is 8. The number of aryl methyl sites for hydroxylation is 1. The van der Waals surface area contributed by atoms with Gasteiger partial charge in [0.25, 0.3) is 0 Å². The third-order valence-electron chi connectivity index (χ3n) is 6.30. The van der Waals surface area contributed by atoms with Gasteiger partial charge in [0.1, 0.15) is 6.04 Å². The van der Waals surface area contributed by atoms with Crippen LogP contribution in [0.4, 0.5) is 0 Å². The molecule has 1 aliphatic heterocycles. The van der Waals surface area contributed by atoms with Crippen LogP contribution in [0.2, 0.25) is 0 Å². The second-order valence-electron chi connectivity index (χ2n) is 8.23. The first-order valence-corrected chi connectivity index (χ1v) is 10.4. The van der Waals surface area contributed by atoms with Crippen molar-refractivity contribution in [3.05, 3.63) is 35.9 Å². The number of likely N-dealkylation sites (tertiary alicyclic amines) is 1. The van der Waals surface area contributed by atoms with Gasteiger partial charge in [0.2, 0.25) is 5.91 Å². The van der Waals surface area contributed by atoms with Crippen LogP contribution in [0.5, 0.6) is 0 Å². The number of hydrogen-bond acceptors (Lipinski definition) is 5. The van der Waals surface area contributed by atoms with Crippen LogP contribution in [0, 0.1) is 5.92 Å². The van der Waals surface area contributed by atoms with Crippen molar-refractivity contribution >= 4 is 17.8 Å². The Labute approximate surface area is 199 Å². The number of carbonyl (C=O) groups is 3. The number of aliphatic carboxylic acids is 2. The van der Waals surface area contributed by atoms with E-state index in [1.165, 1.54) is 4.90 Å². The van der Waals surface area contributed by atoms with Gasteiger partial charge < -0.3 is 19.9 Å². The Morgan fingerprint density at radius 3 is 2.50 bits per heavy atom. The largest absolute Gasteiger partial charge is 1.00 e. The number of hydrogen-bond donors (Lipinski definition) is 2. The average Bonchev–Trinajstić information content (AvgIpc) is 3.10. The van der Waals surface area contributed by atoms with Crippen molar-refractivity contribution in [2.75, 3.05) is 0 Å². The molecular formula is C22H29N2NaO5. The number of carbonyl (C=O) groups excluding carboxylic acids is 2. The number of nitrogens with zero attached hydrogens (tertiary/aromatic N) is 1. The fourth-order valence-electron chi connectivity index (χ4n) is 4.82. The van der Waals surface area contributed by atoms with E-state index in [2.05, 4.69) is 5.32 Å². The molecule has 5 atom stereocenters. The molecule has 2 N–H and O–H groups in total. The van der Waals surface area contributed by atoms with Crippen molar-refractivity contribution in [2.45, 2.75) is 76.0 Å². The van der Waals surface area contributed by atoms with Crippen LogP contribution >= 0.6 is 0 Å². The Balaban J connectivity index is 0.00000320. The molecule has 2 fully saturated rings. The predicted molar refractivity (Wildman–Crippen MR) is 105 cm³/mol. The molecule has 1 amide bonds. The molecule has 2 aliphatic rings. The first-order valence-electron chi connectivity index (χ1n) is 10.4. The zero-order valence-corrected chi connectivity index (χ0v) is 19.8. The predicted octanol–water partition coefficient (Wildman–Crippen LogP) is -2.04. The van der Waals surface area contributed by atoms with Crippen LogP contribution in [0.1, 0.15) is 51.0 Å². The van der Waals surface area contributed by atoms with Gasteiger partial charge in [0.15, 0.2) is 0 Å². The maximum atomic E-state index is 13.1. The minimum Gasteiger partial charge on any atom is -0.548 e. The maximum Gasteiger partial charge on any atom is 1.00 e. The number of fused-ring (bicyclic) bond motifs is 1. The summed E-state index contributed by atoms with van der Waals surface area (Å²) in [5.41, 5.74) is 1.01. The van der Waals surface area contributed by atoms with Crippen LogP contribution in [0.15, 0.2) is 30.3 Å². The van der Waals surface area contributed by atoms with E-state index < -0.39 is 30.1 Å². The summed E-state index contributed by atoms with van der Waals surface area (Å²) in [5, 5.41) is 24.1. The molecular weight excluding hydrogens is 395 g/mol. The van der Waals surface area contributed by atoms with E-state index in [9.17, 15) is 24.6 Å². The van der Waals surface area contributed by atoms with Crippen LogP contribution in [0.25, 0.3) is 0 Å². The van der Waals surface area contributed by atoms with Crippen molar-refractivity contribution in [3.63, 3.8) is 0 Å². The minimum absolute atomic E-state index is 0. The Bertz CT molecular complexity index is 744. The summed E-state index contributed by atoms with van der Waals surface area (Å²) in [6.45, 7) is 1.61. The summed E-state index contributed by atoms with van der Waals surface area (Å²) in [5.74, 6) is -2.36. The number of nitrogens with one attached hydrogen (secondary N) is 1. The van der Waals surface area contributed by atoms with E-state index >= 15 is 0 Å². The summed E-state index contributed by atoms with van der Waals surface area (Å²) in [6, 6.07) is 6.85. The van der Waals surface area contributed by atoms with Crippen molar-refractivity contribution < 1.29 is 54.2 Å². The van der Waals surface area contributed by atoms with Crippen molar-refractivity contribution in [3.8, 4) is 0 Å². The van der Waals surface area contributed by atoms with Crippen LogP contribution in [-0.2, 0) is 20.8 Å². The molecule has 3 rings (SSSR count). The topological polar surface area (TPSA) is 110 Å². The number of benzene rings is 1. The molecule has 1 heterocycles. The summed E-state index contributed by atoms with van der Waals surface area (Å²) < 4.78 is 0. The van der Waals surface area contributed by atoms with E-state index in [4.69, 9.17) is 0 Å². The second kappa shape index (κ2) is 11.3. The van der Waals surface area contributed by atoms with E-state index in [0.29, 0.717) is 19.3 Å². The Hall–Kier alpha value is -1.41. The average molecular weight is 424 g/mol. The van der Waals surface area contributed by atoms with Gasteiger partial charge in [-0.2, -0.15) is 0 Å². The quantitative estimate of drug-likeness (QED) is 0.466. The van der Waals surface area contributed by atoms with Gasteiger partial charge in [0, 0.05) is 12.1 Å². The molecule has 0 radical (unpaired) electrons. The fraction of sp³-hybridized carbons (Fsp3) is 0.591. The van der Waals surface area contributed by atoms with Crippen molar-refractivity contribution in [1.29, 1.82) is 0 Å². The Morgan fingerprint density at radius 1 is 1.20 bits per heavy atom. The van der Waals surface area contributed by atoms with E-state index in [1.807, 2.05) is 30.3 Å². The molecule has 1 aromatic carbocycles. The molecule has 158 valence electrons. The van der Waals surface area contributed by atoms with Crippen LogP contribution in [0.3, 0.4) is 0 Å². The van der Waals surface area contributed by atoms with Gasteiger partial charge >= 0.3 is 35.5 Å². The molecule has 1 unspecified atom stereocenters. The molecule has 0 bridgehead atoms. The van der Waals surface area contributed by atoms with Crippen LogP contribution in [-0.4, -0.2) is 52.0 Å². The zero-order valence-electron chi connectivity index (χ0n) is 17.8. The van der Waals surface area contributed by atoms with Gasteiger partial charge in [-0.25, -0.2) is 4.79 Å². The molecule has 0 aromatic heterocycles. The van der Waals surface area contributed by atoms with Gasteiger partial charge in [0.05, 0.1) is 12.0 Å². The second-order valence-corrected chi connectivity index (χ2v) is 8.23. The molecule has 0 spiro atoms. The van der Waals surface area contributed by atoms with Gasteiger partial charge in [-0.15, -0.1) is 0 Å². The van der Waals surface area contributed by atoms with Crippen LogP contribution < -0.4 is 40.0 Å². The summed E-state index contributed by atoms with van der Waals surface area (Å²) in [4.78, 5) is 38.0. The van der Waals surface area contributed by atoms with E-state index in [-0.39, 0.29) is 47.4 Å². The van der Waals surface area contributed by atoms with Gasteiger partial charge in [-0.1, -0.05) is 43.2 Å². The van der Waals surface area contributed by atoms with E-state index in [1.54, 1.807) is 6.92 Å². The first kappa shape index (κ1) is 24.9. The maximum absolute atomic E-state index is 13.1. The number of amides is 1. The zero-order chi connectivity index (χ0) is 21.0. The molecule has 1 saturated heterocycles. The number of carboxylic acids is 2. The number of carboxylic acid groups (broad SMARTS) is 2. The summed E-state index contributed by atoms with van der Waals surface area (Å²) >= 11 is 0. The fourth-order valence-corrected chi connectivity index (χ4v) is 4.82. The normalized spacial score (nSPS) is 25.0. The monoisotopic (exact) mass is 424 g/mol. The minimum atomic E-state index is -1.26. The van der Waals surface area contributed by atoms with Crippen molar-refractivity contribution in [1.82, 2.24) is 10.2 Å². The first-order chi connectivity index (χ1) is 13.9. The van der Waals surface area contributed by atoms with Crippen molar-refractivity contribution in [2.24, 2.45) is 5.92 Å². The smallest absolute Gasteiger partial charge is 0.548 e. The molecule has 7 nitrogen and oxygen atoms in total. The molecule has 1 saturated carbocycles. The third kappa shape index (κ3) is 5.84. The molecule has 8 heteroatoms. The summed E-state index contributed by atoms with van der Waals surface area (Å²) in [6.07, 6.45) is 5.12. The standard InChI is InChI=1S/C22H30N2O5.Na/c1-14(23-17(21(26)27)12-11-15-7-3-2-4-8-15)20(25)24-18-10-6-5-9-16(18)13-19(24)22(28)29;/h2-4,7-8,14,16-19,23H,5-6,9-13H2,1H3,(H,26,27)(H,28,29);/q;+1/p-1/t14-,16+,17?,18-,19-;/m0./s1. The Morgan fingerprint density at radius 2 is 1.87 bits per heavy atom.